The Labute approximate surface area is 107 Å². The van der Waals surface area contributed by atoms with Crippen molar-refractivity contribution in [2.75, 3.05) is 29.7 Å². The first-order valence-corrected chi connectivity index (χ1v) is 6.92. The van der Waals surface area contributed by atoms with Crippen LogP contribution in [0.4, 0.5) is 17.5 Å². The molecule has 0 saturated carbocycles. The maximum atomic E-state index is 11.1. The summed E-state index contributed by atoms with van der Waals surface area (Å²) in [4.78, 5) is 18.0. The van der Waals surface area contributed by atoms with Crippen molar-refractivity contribution >= 4 is 28.3 Å². The van der Waals surface area contributed by atoms with E-state index in [0.29, 0.717) is 5.75 Å². The first kappa shape index (κ1) is 14.3. The van der Waals surface area contributed by atoms with Crippen molar-refractivity contribution in [1.82, 2.24) is 9.97 Å². The average Bonchev–Trinajstić information content (AvgIpc) is 2.27. The first-order chi connectivity index (χ1) is 8.43. The van der Waals surface area contributed by atoms with Crippen molar-refractivity contribution in [2.24, 2.45) is 0 Å². The molecule has 0 spiro atoms. The molecule has 0 saturated heterocycles. The van der Waals surface area contributed by atoms with Gasteiger partial charge in [-0.1, -0.05) is 0 Å². The Morgan fingerprint density at radius 1 is 1.61 bits per heavy atom. The Kier molecular flexibility index (Phi) is 4.95. The van der Waals surface area contributed by atoms with Crippen molar-refractivity contribution in [1.29, 1.82) is 0 Å². The van der Waals surface area contributed by atoms with E-state index in [-0.39, 0.29) is 23.5 Å². The van der Waals surface area contributed by atoms with Crippen LogP contribution >= 0.6 is 0 Å². The quantitative estimate of drug-likeness (QED) is 0.577. The van der Waals surface area contributed by atoms with Gasteiger partial charge in [-0.15, -0.1) is 0 Å². The van der Waals surface area contributed by atoms with Crippen LogP contribution in [-0.4, -0.2) is 44.2 Å². The summed E-state index contributed by atoms with van der Waals surface area (Å²) in [5, 5.41) is 16.4. The van der Waals surface area contributed by atoms with Gasteiger partial charge in [0.05, 0.1) is 4.92 Å². The van der Waals surface area contributed by atoms with E-state index in [1.54, 1.807) is 20.2 Å². The largest absolute Gasteiger partial charge is 0.361 e. The molecule has 1 rings (SSSR count). The highest BCUT2D eigenvalue weighted by molar-refractivity contribution is 7.84. The number of nitrogens with one attached hydrogen (secondary N) is 2. The van der Waals surface area contributed by atoms with E-state index in [1.165, 1.54) is 0 Å². The molecular weight excluding hydrogens is 258 g/mol. The minimum absolute atomic E-state index is 0.123. The summed E-state index contributed by atoms with van der Waals surface area (Å²) in [6.45, 7) is 1.78. The number of anilines is 2. The second-order valence-corrected chi connectivity index (χ2v) is 5.20. The molecule has 1 heterocycles. The van der Waals surface area contributed by atoms with Crippen LogP contribution in [0.1, 0.15) is 6.92 Å². The first-order valence-electron chi connectivity index (χ1n) is 5.19. The van der Waals surface area contributed by atoms with Crippen molar-refractivity contribution in [2.45, 2.75) is 13.0 Å². The highest BCUT2D eigenvalue weighted by Crippen LogP contribution is 2.22. The fourth-order valence-electron chi connectivity index (χ4n) is 1.36. The third-order valence-corrected chi connectivity index (χ3v) is 3.03. The molecule has 9 heteroatoms. The molecule has 0 amide bonds. The Balaban J connectivity index is 2.96. The summed E-state index contributed by atoms with van der Waals surface area (Å²) >= 11 is 0. The highest BCUT2D eigenvalue weighted by atomic mass is 32.2. The van der Waals surface area contributed by atoms with Gasteiger partial charge >= 0.3 is 5.69 Å². The van der Waals surface area contributed by atoms with E-state index in [0.717, 1.165) is 6.20 Å². The predicted molar refractivity (Wildman–Crippen MR) is 70.3 cm³/mol. The summed E-state index contributed by atoms with van der Waals surface area (Å²) < 4.78 is 11.1. The van der Waals surface area contributed by atoms with Crippen LogP contribution < -0.4 is 10.6 Å². The van der Waals surface area contributed by atoms with Crippen LogP contribution in [0.3, 0.4) is 0 Å². The molecule has 2 N–H and O–H groups in total. The lowest BCUT2D eigenvalue weighted by Gasteiger charge is -2.13. The topological polar surface area (TPSA) is 110 Å². The number of hydrogen-bond acceptors (Lipinski definition) is 7. The van der Waals surface area contributed by atoms with Crippen molar-refractivity contribution in [3.63, 3.8) is 0 Å². The molecule has 100 valence electrons. The second-order valence-electron chi connectivity index (χ2n) is 3.72. The van der Waals surface area contributed by atoms with Gasteiger partial charge in [0.25, 0.3) is 0 Å². The maximum Gasteiger partial charge on any atom is 0.329 e. The summed E-state index contributed by atoms with van der Waals surface area (Å²) in [6, 6.07) is -0.186. The van der Waals surface area contributed by atoms with E-state index >= 15 is 0 Å². The molecule has 0 aromatic carbocycles. The van der Waals surface area contributed by atoms with Gasteiger partial charge in [-0.2, -0.15) is 4.98 Å². The van der Waals surface area contributed by atoms with Crippen molar-refractivity contribution in [3.05, 3.63) is 16.3 Å². The smallest absolute Gasteiger partial charge is 0.329 e. The molecule has 0 bridgehead atoms. The molecule has 1 aromatic rings. The lowest BCUT2D eigenvalue weighted by molar-refractivity contribution is -0.384. The molecule has 0 aliphatic carbocycles. The van der Waals surface area contributed by atoms with Crippen molar-refractivity contribution in [3.8, 4) is 0 Å². The molecular formula is C9H15N5O3S. The van der Waals surface area contributed by atoms with Crippen LogP contribution in [-0.2, 0) is 10.8 Å². The summed E-state index contributed by atoms with van der Waals surface area (Å²) in [5.74, 6) is 0.793. The Morgan fingerprint density at radius 2 is 2.28 bits per heavy atom. The molecule has 8 nitrogen and oxygen atoms in total. The maximum absolute atomic E-state index is 11.1. The monoisotopic (exact) mass is 273 g/mol. The van der Waals surface area contributed by atoms with Crippen molar-refractivity contribution < 1.29 is 9.13 Å². The van der Waals surface area contributed by atoms with Gasteiger partial charge in [-0.25, -0.2) is 4.98 Å². The summed E-state index contributed by atoms with van der Waals surface area (Å²) in [5.41, 5.74) is -0.206. The van der Waals surface area contributed by atoms with E-state index in [1.807, 2.05) is 0 Å². The summed E-state index contributed by atoms with van der Waals surface area (Å²) in [7, 11) is 0.635. The Morgan fingerprint density at radius 3 is 2.78 bits per heavy atom. The van der Waals surface area contributed by atoms with Gasteiger partial charge in [0, 0.05) is 35.9 Å². The second kappa shape index (κ2) is 6.24. The lowest BCUT2D eigenvalue weighted by atomic mass is 10.3. The zero-order valence-electron chi connectivity index (χ0n) is 10.3. The minimum Gasteiger partial charge on any atom is -0.361 e. The van der Waals surface area contributed by atoms with Gasteiger partial charge in [-0.3, -0.25) is 14.3 Å². The van der Waals surface area contributed by atoms with Gasteiger partial charge in [0.1, 0.15) is 6.20 Å². The summed E-state index contributed by atoms with van der Waals surface area (Å²) in [6.07, 6.45) is 2.71. The molecule has 1 aromatic heterocycles. The Hall–Kier alpha value is -1.77. The predicted octanol–water partition coefficient (Wildman–Crippen LogP) is 0.605. The molecule has 0 aliphatic rings. The van der Waals surface area contributed by atoms with Gasteiger partial charge in [0.2, 0.25) is 11.8 Å². The minimum atomic E-state index is -0.985. The van der Waals surface area contributed by atoms with E-state index in [2.05, 4.69) is 20.6 Å². The molecule has 2 unspecified atom stereocenters. The normalized spacial score (nSPS) is 13.7. The van der Waals surface area contributed by atoms with Crippen LogP contribution in [0, 0.1) is 10.1 Å². The number of nitrogens with zero attached hydrogens (tertiary/aromatic N) is 3. The lowest BCUT2D eigenvalue weighted by Crippen LogP contribution is -2.23. The standard InChI is InChI=1S/C9H15N5O3S/c1-6(5-18(3)17)12-8-7(14(15)16)4-11-9(10-2)13-8/h4,6H,5H2,1-3H3,(H2,10,11,12,13). The molecule has 0 aliphatic heterocycles. The third-order valence-electron chi connectivity index (χ3n) is 2.06. The average molecular weight is 273 g/mol. The molecule has 2 atom stereocenters. The van der Waals surface area contributed by atoms with Crippen LogP contribution in [0.15, 0.2) is 6.20 Å². The Bertz CT molecular complexity index is 468. The van der Waals surface area contributed by atoms with E-state index in [9.17, 15) is 14.3 Å². The molecule has 18 heavy (non-hydrogen) atoms. The van der Waals surface area contributed by atoms with Crippen LogP contribution in [0.5, 0.6) is 0 Å². The van der Waals surface area contributed by atoms with Gasteiger partial charge in [-0.05, 0) is 6.92 Å². The van der Waals surface area contributed by atoms with E-state index in [4.69, 9.17) is 0 Å². The van der Waals surface area contributed by atoms with Crippen LogP contribution in [0.2, 0.25) is 0 Å². The zero-order chi connectivity index (χ0) is 13.7. The fraction of sp³-hybridized carbons (Fsp3) is 0.556. The number of hydrogen-bond donors (Lipinski definition) is 2. The fourth-order valence-corrected chi connectivity index (χ4v) is 2.15. The van der Waals surface area contributed by atoms with Gasteiger partial charge in [0.15, 0.2) is 0 Å². The van der Waals surface area contributed by atoms with Crippen LogP contribution in [0.25, 0.3) is 0 Å². The number of aromatic nitrogens is 2. The third kappa shape index (κ3) is 3.91. The number of rotatable bonds is 6. The SMILES string of the molecule is CNc1ncc([N+](=O)[O-])c(NC(C)CS(C)=O)n1. The highest BCUT2D eigenvalue weighted by Gasteiger charge is 2.19. The zero-order valence-corrected chi connectivity index (χ0v) is 11.2. The molecule has 0 fully saturated rings. The van der Waals surface area contributed by atoms with E-state index < -0.39 is 15.7 Å². The number of nitro groups is 1. The molecule has 0 radical (unpaired) electrons. The van der Waals surface area contributed by atoms with Gasteiger partial charge < -0.3 is 10.6 Å².